The zero-order chi connectivity index (χ0) is 13.4. The number of hydrogen-bond acceptors (Lipinski definition) is 3. The Hall–Kier alpha value is -1.39. The van der Waals surface area contributed by atoms with E-state index in [9.17, 15) is 4.79 Å². The van der Waals surface area contributed by atoms with E-state index in [0.717, 1.165) is 6.42 Å². The molecule has 0 saturated carbocycles. The first-order chi connectivity index (χ1) is 8.67. The van der Waals surface area contributed by atoms with Gasteiger partial charge in [-0.05, 0) is 30.5 Å². The molecule has 0 heterocycles. The Balaban J connectivity index is 2.35. The van der Waals surface area contributed by atoms with Gasteiger partial charge >= 0.3 is 0 Å². The van der Waals surface area contributed by atoms with Crippen molar-refractivity contribution in [1.82, 2.24) is 5.32 Å². The summed E-state index contributed by atoms with van der Waals surface area (Å²) in [6, 6.07) is 7.63. The van der Waals surface area contributed by atoms with Gasteiger partial charge in [0.25, 0.3) is 5.91 Å². The molecule has 0 fully saturated rings. The molecule has 0 spiro atoms. The van der Waals surface area contributed by atoms with Gasteiger partial charge in [0.15, 0.2) is 0 Å². The van der Waals surface area contributed by atoms with E-state index in [0.29, 0.717) is 25.1 Å². The van der Waals surface area contributed by atoms with E-state index < -0.39 is 0 Å². The van der Waals surface area contributed by atoms with Crippen LogP contribution < -0.4 is 11.1 Å². The maximum atomic E-state index is 11.8. The topological polar surface area (TPSA) is 64.4 Å². The summed E-state index contributed by atoms with van der Waals surface area (Å²) in [5, 5.41) is 2.85. The number of amides is 1. The van der Waals surface area contributed by atoms with Crippen molar-refractivity contribution in [3.8, 4) is 0 Å². The Morgan fingerprint density at radius 3 is 2.61 bits per heavy atom. The molecule has 0 saturated heterocycles. The fourth-order valence-corrected chi connectivity index (χ4v) is 1.66. The first-order valence-electron chi connectivity index (χ1n) is 6.29. The summed E-state index contributed by atoms with van der Waals surface area (Å²) in [7, 11) is 1.62. The molecule has 0 radical (unpaired) electrons. The maximum Gasteiger partial charge on any atom is 0.251 e. The standard InChI is InChI=1S/C14H22N2O2/c1-3-11-4-6-12(7-5-11)14(17)16-9-8-13(15)10-18-2/h4-7,13H,3,8-10,15H2,1-2H3,(H,16,17). The molecule has 1 unspecified atom stereocenters. The van der Waals surface area contributed by atoms with Gasteiger partial charge in [0.05, 0.1) is 6.61 Å². The summed E-state index contributed by atoms with van der Waals surface area (Å²) in [5.74, 6) is -0.0535. The summed E-state index contributed by atoms with van der Waals surface area (Å²) in [6.07, 6.45) is 1.69. The second kappa shape index (κ2) is 7.84. The maximum absolute atomic E-state index is 11.8. The van der Waals surface area contributed by atoms with Gasteiger partial charge in [0.2, 0.25) is 0 Å². The SMILES string of the molecule is CCc1ccc(C(=O)NCCC(N)COC)cc1. The molecule has 1 aromatic rings. The second-order valence-electron chi connectivity index (χ2n) is 4.31. The van der Waals surface area contributed by atoms with Crippen molar-refractivity contribution in [2.75, 3.05) is 20.3 Å². The van der Waals surface area contributed by atoms with E-state index in [2.05, 4.69) is 12.2 Å². The van der Waals surface area contributed by atoms with Crippen LogP contribution in [0.4, 0.5) is 0 Å². The Labute approximate surface area is 109 Å². The van der Waals surface area contributed by atoms with Gasteiger partial charge < -0.3 is 15.8 Å². The number of hydrogen-bond donors (Lipinski definition) is 2. The summed E-state index contributed by atoms with van der Waals surface area (Å²) in [5.41, 5.74) is 7.69. The van der Waals surface area contributed by atoms with E-state index in [1.165, 1.54) is 5.56 Å². The van der Waals surface area contributed by atoms with E-state index in [1.807, 2.05) is 24.3 Å². The lowest BCUT2D eigenvalue weighted by Gasteiger charge is -2.11. The molecule has 4 nitrogen and oxygen atoms in total. The smallest absolute Gasteiger partial charge is 0.251 e. The number of nitrogens with two attached hydrogens (primary N) is 1. The molecule has 0 bridgehead atoms. The predicted molar refractivity (Wildman–Crippen MR) is 72.6 cm³/mol. The Morgan fingerprint density at radius 2 is 2.06 bits per heavy atom. The van der Waals surface area contributed by atoms with E-state index in [1.54, 1.807) is 7.11 Å². The molecule has 0 aliphatic rings. The molecule has 18 heavy (non-hydrogen) atoms. The third-order valence-corrected chi connectivity index (χ3v) is 2.81. The van der Waals surface area contributed by atoms with Crippen molar-refractivity contribution in [2.45, 2.75) is 25.8 Å². The molecule has 3 N–H and O–H groups in total. The molecule has 0 aliphatic carbocycles. The first-order valence-corrected chi connectivity index (χ1v) is 6.29. The number of aryl methyl sites for hydroxylation is 1. The fraction of sp³-hybridized carbons (Fsp3) is 0.500. The van der Waals surface area contributed by atoms with Crippen LogP contribution in [0.1, 0.15) is 29.3 Å². The normalized spacial score (nSPS) is 12.2. The molecule has 1 rings (SSSR count). The minimum Gasteiger partial charge on any atom is -0.383 e. The average Bonchev–Trinajstić information content (AvgIpc) is 2.39. The zero-order valence-corrected chi connectivity index (χ0v) is 11.1. The van der Waals surface area contributed by atoms with Crippen molar-refractivity contribution in [1.29, 1.82) is 0 Å². The Bertz CT molecular complexity index is 363. The van der Waals surface area contributed by atoms with Crippen LogP contribution in [-0.4, -0.2) is 32.2 Å². The molecule has 100 valence electrons. The quantitative estimate of drug-likeness (QED) is 0.767. The van der Waals surface area contributed by atoms with Crippen molar-refractivity contribution >= 4 is 5.91 Å². The predicted octanol–water partition coefficient (Wildman–Crippen LogP) is 1.34. The van der Waals surface area contributed by atoms with Crippen LogP contribution in [0.15, 0.2) is 24.3 Å². The van der Waals surface area contributed by atoms with Gasteiger partial charge in [-0.1, -0.05) is 19.1 Å². The third kappa shape index (κ3) is 4.85. The zero-order valence-electron chi connectivity index (χ0n) is 11.1. The van der Waals surface area contributed by atoms with Crippen molar-refractivity contribution in [3.63, 3.8) is 0 Å². The van der Waals surface area contributed by atoms with Crippen LogP contribution in [0.5, 0.6) is 0 Å². The number of rotatable bonds is 7. The van der Waals surface area contributed by atoms with Crippen LogP contribution in [0.3, 0.4) is 0 Å². The van der Waals surface area contributed by atoms with E-state index in [-0.39, 0.29) is 11.9 Å². The van der Waals surface area contributed by atoms with Crippen LogP contribution in [-0.2, 0) is 11.2 Å². The summed E-state index contributed by atoms with van der Waals surface area (Å²) in [6.45, 7) is 3.17. The largest absolute Gasteiger partial charge is 0.383 e. The van der Waals surface area contributed by atoms with Gasteiger partial charge in [-0.2, -0.15) is 0 Å². The highest BCUT2D eigenvalue weighted by Crippen LogP contribution is 2.04. The number of ether oxygens (including phenoxy) is 1. The number of methoxy groups -OCH3 is 1. The number of nitrogens with one attached hydrogen (secondary N) is 1. The molecule has 4 heteroatoms. The van der Waals surface area contributed by atoms with Crippen LogP contribution in [0, 0.1) is 0 Å². The highest BCUT2D eigenvalue weighted by molar-refractivity contribution is 5.94. The molecule has 1 aromatic carbocycles. The first kappa shape index (κ1) is 14.7. The average molecular weight is 250 g/mol. The third-order valence-electron chi connectivity index (χ3n) is 2.81. The van der Waals surface area contributed by atoms with Gasteiger partial charge in [-0.3, -0.25) is 4.79 Å². The monoisotopic (exact) mass is 250 g/mol. The lowest BCUT2D eigenvalue weighted by molar-refractivity contribution is 0.0950. The second-order valence-corrected chi connectivity index (χ2v) is 4.31. The van der Waals surface area contributed by atoms with Crippen LogP contribution in [0.2, 0.25) is 0 Å². The molecule has 1 amide bonds. The van der Waals surface area contributed by atoms with Gasteiger partial charge in [-0.15, -0.1) is 0 Å². The van der Waals surface area contributed by atoms with Crippen LogP contribution in [0.25, 0.3) is 0 Å². The Kier molecular flexibility index (Phi) is 6.39. The fourth-order valence-electron chi connectivity index (χ4n) is 1.66. The van der Waals surface area contributed by atoms with Gasteiger partial charge in [-0.25, -0.2) is 0 Å². The minimum absolute atomic E-state index is 0.0298. The molecular weight excluding hydrogens is 228 g/mol. The van der Waals surface area contributed by atoms with Crippen LogP contribution >= 0.6 is 0 Å². The van der Waals surface area contributed by atoms with Gasteiger partial charge in [0, 0.05) is 25.3 Å². The molecule has 0 aliphatic heterocycles. The van der Waals surface area contributed by atoms with Crippen molar-refractivity contribution in [2.24, 2.45) is 5.73 Å². The van der Waals surface area contributed by atoms with Crippen molar-refractivity contribution in [3.05, 3.63) is 35.4 Å². The highest BCUT2D eigenvalue weighted by Gasteiger charge is 2.06. The lowest BCUT2D eigenvalue weighted by atomic mass is 10.1. The minimum atomic E-state index is -0.0535. The molecule has 1 atom stereocenters. The van der Waals surface area contributed by atoms with Gasteiger partial charge in [0.1, 0.15) is 0 Å². The van der Waals surface area contributed by atoms with E-state index >= 15 is 0 Å². The number of carbonyl (C=O) groups is 1. The Morgan fingerprint density at radius 1 is 1.39 bits per heavy atom. The van der Waals surface area contributed by atoms with Crippen molar-refractivity contribution < 1.29 is 9.53 Å². The number of benzene rings is 1. The van der Waals surface area contributed by atoms with E-state index in [4.69, 9.17) is 10.5 Å². The molecular formula is C14H22N2O2. The molecule has 0 aromatic heterocycles. The number of carbonyl (C=O) groups excluding carboxylic acids is 1. The summed E-state index contributed by atoms with van der Waals surface area (Å²) in [4.78, 5) is 11.8. The lowest BCUT2D eigenvalue weighted by Crippen LogP contribution is -2.32. The summed E-state index contributed by atoms with van der Waals surface area (Å²) < 4.78 is 4.93. The highest BCUT2D eigenvalue weighted by atomic mass is 16.5. The summed E-state index contributed by atoms with van der Waals surface area (Å²) >= 11 is 0.